The molecule has 0 amide bonds. The zero-order valence-corrected chi connectivity index (χ0v) is 10.6. The van der Waals surface area contributed by atoms with E-state index < -0.39 is 0 Å². The number of hydrogen-bond donors (Lipinski definition) is 0. The van der Waals surface area contributed by atoms with E-state index in [-0.39, 0.29) is 0 Å². The summed E-state index contributed by atoms with van der Waals surface area (Å²) >= 11 is 0. The average Bonchev–Trinajstić information content (AvgIpc) is 2.65. The highest BCUT2D eigenvalue weighted by molar-refractivity contribution is 5.19. The Balaban J connectivity index is 2.13. The first-order valence-corrected chi connectivity index (χ1v) is 6.34. The van der Waals surface area contributed by atoms with Crippen molar-refractivity contribution in [1.29, 1.82) is 0 Å². The van der Waals surface area contributed by atoms with Crippen LogP contribution in [-0.2, 0) is 0 Å². The molecule has 84 valence electrons. The van der Waals surface area contributed by atoms with Crippen molar-refractivity contribution < 1.29 is 0 Å². The van der Waals surface area contributed by atoms with E-state index in [0.29, 0.717) is 5.41 Å². The summed E-state index contributed by atoms with van der Waals surface area (Å²) in [5.41, 5.74) is 3.78. The van der Waals surface area contributed by atoms with Crippen LogP contribution in [-0.4, -0.2) is 0 Å². The van der Waals surface area contributed by atoms with Gasteiger partial charge in [-0.05, 0) is 56.8 Å². The summed E-state index contributed by atoms with van der Waals surface area (Å²) in [7, 11) is 0. The van der Waals surface area contributed by atoms with Crippen LogP contribution < -0.4 is 0 Å². The van der Waals surface area contributed by atoms with Crippen LogP contribution in [0, 0.1) is 17.3 Å². The largest absolute Gasteiger partial charge is 0.0853 e. The first-order chi connectivity index (χ1) is 7.01. The molecule has 0 nitrogen and oxygen atoms in total. The molecule has 2 rings (SSSR count). The lowest BCUT2D eigenvalue weighted by molar-refractivity contribution is 0.528. The second kappa shape index (κ2) is 3.81. The van der Waals surface area contributed by atoms with Gasteiger partial charge in [-0.3, -0.25) is 0 Å². The number of hydrogen-bond acceptors (Lipinski definition) is 0. The topological polar surface area (TPSA) is 0 Å². The van der Waals surface area contributed by atoms with Crippen LogP contribution in [0.3, 0.4) is 0 Å². The van der Waals surface area contributed by atoms with Crippen molar-refractivity contribution in [3.05, 3.63) is 23.3 Å². The monoisotopic (exact) mass is 204 g/mol. The van der Waals surface area contributed by atoms with Crippen LogP contribution in [0.25, 0.3) is 0 Å². The molecule has 0 aromatic rings. The van der Waals surface area contributed by atoms with Crippen LogP contribution in [0.1, 0.15) is 53.4 Å². The third-order valence-corrected chi connectivity index (χ3v) is 4.48. The van der Waals surface area contributed by atoms with Gasteiger partial charge in [0.1, 0.15) is 0 Å². The molecule has 0 aromatic carbocycles. The minimum absolute atomic E-state index is 0.575. The third kappa shape index (κ3) is 2.19. The van der Waals surface area contributed by atoms with Crippen molar-refractivity contribution in [2.45, 2.75) is 53.4 Å². The summed E-state index contributed by atoms with van der Waals surface area (Å²) < 4.78 is 0. The van der Waals surface area contributed by atoms with Gasteiger partial charge in [-0.25, -0.2) is 0 Å². The molecule has 2 aliphatic carbocycles. The van der Waals surface area contributed by atoms with Crippen molar-refractivity contribution in [1.82, 2.24) is 0 Å². The zero-order chi connectivity index (χ0) is 11.1. The maximum atomic E-state index is 2.55. The van der Waals surface area contributed by atoms with Crippen LogP contribution >= 0.6 is 0 Å². The van der Waals surface area contributed by atoms with Crippen molar-refractivity contribution >= 4 is 0 Å². The fourth-order valence-electron chi connectivity index (χ4n) is 3.09. The first kappa shape index (κ1) is 11.0. The van der Waals surface area contributed by atoms with Gasteiger partial charge in [0, 0.05) is 0 Å². The van der Waals surface area contributed by atoms with E-state index in [2.05, 4.69) is 39.8 Å². The van der Waals surface area contributed by atoms with Crippen molar-refractivity contribution in [3.63, 3.8) is 0 Å². The van der Waals surface area contributed by atoms with Crippen molar-refractivity contribution in [3.8, 4) is 0 Å². The van der Waals surface area contributed by atoms with E-state index in [1.807, 2.05) is 0 Å². The zero-order valence-electron chi connectivity index (χ0n) is 10.6. The van der Waals surface area contributed by atoms with E-state index in [1.165, 1.54) is 25.7 Å². The molecule has 0 bridgehead atoms. The van der Waals surface area contributed by atoms with Crippen molar-refractivity contribution in [2.75, 3.05) is 0 Å². The summed E-state index contributed by atoms with van der Waals surface area (Å²) in [6, 6.07) is 0. The van der Waals surface area contributed by atoms with Gasteiger partial charge >= 0.3 is 0 Å². The normalized spacial score (nSPS) is 41.9. The van der Waals surface area contributed by atoms with Crippen LogP contribution in [0.4, 0.5) is 0 Å². The van der Waals surface area contributed by atoms with Gasteiger partial charge in [-0.2, -0.15) is 0 Å². The Hall–Kier alpha value is -0.520. The summed E-state index contributed by atoms with van der Waals surface area (Å²) in [5, 5.41) is 0. The van der Waals surface area contributed by atoms with Gasteiger partial charge in [0.05, 0.1) is 0 Å². The lowest BCUT2D eigenvalue weighted by Crippen LogP contribution is -1.90. The highest BCUT2D eigenvalue weighted by atomic mass is 14.6. The quantitative estimate of drug-likeness (QED) is 0.501. The Morgan fingerprint density at radius 1 is 1.13 bits per heavy atom. The van der Waals surface area contributed by atoms with E-state index in [9.17, 15) is 0 Å². The van der Waals surface area contributed by atoms with Gasteiger partial charge in [-0.1, -0.05) is 37.1 Å². The van der Waals surface area contributed by atoms with Crippen LogP contribution in [0.5, 0.6) is 0 Å². The highest BCUT2D eigenvalue weighted by Gasteiger charge is 2.55. The molecule has 0 saturated heterocycles. The average molecular weight is 204 g/mol. The maximum absolute atomic E-state index is 2.55. The molecule has 2 aliphatic rings. The standard InChI is InChI=1S/C15H24/c1-11-6-5-7-12(2)10-14-13(9-8-11)15(14,3)4/h6,10,13-14H,5,7-9H2,1-4H3/b11-6+,12-10-/t13-,14-/m1/s1. The van der Waals surface area contributed by atoms with Gasteiger partial charge < -0.3 is 0 Å². The van der Waals surface area contributed by atoms with E-state index in [1.54, 1.807) is 11.1 Å². The summed E-state index contributed by atoms with van der Waals surface area (Å²) in [4.78, 5) is 0. The van der Waals surface area contributed by atoms with Gasteiger partial charge in [0.2, 0.25) is 0 Å². The number of allylic oxidation sites excluding steroid dienone is 4. The lowest BCUT2D eigenvalue weighted by atomic mass is 10.0. The molecule has 2 atom stereocenters. The van der Waals surface area contributed by atoms with E-state index in [0.717, 1.165) is 11.8 Å². The molecular formula is C15H24. The fourth-order valence-corrected chi connectivity index (χ4v) is 3.09. The molecule has 0 aliphatic heterocycles. The number of fused-ring (bicyclic) bond motifs is 1. The van der Waals surface area contributed by atoms with Gasteiger partial charge in [-0.15, -0.1) is 0 Å². The Morgan fingerprint density at radius 3 is 2.60 bits per heavy atom. The molecular weight excluding hydrogens is 180 g/mol. The molecule has 0 aromatic heterocycles. The Morgan fingerprint density at radius 2 is 1.87 bits per heavy atom. The van der Waals surface area contributed by atoms with Crippen molar-refractivity contribution in [2.24, 2.45) is 17.3 Å². The smallest absolute Gasteiger partial charge is 0.0143 e. The third-order valence-electron chi connectivity index (χ3n) is 4.48. The molecule has 15 heavy (non-hydrogen) atoms. The van der Waals surface area contributed by atoms with E-state index >= 15 is 0 Å². The van der Waals surface area contributed by atoms with E-state index in [4.69, 9.17) is 0 Å². The minimum Gasteiger partial charge on any atom is -0.0853 e. The van der Waals surface area contributed by atoms with Crippen LogP contribution in [0.15, 0.2) is 23.3 Å². The SMILES string of the molecule is C/C1=C/[C@@H]2[C@@H](CC/C(C)=C/CC1)C2(C)C. The summed E-state index contributed by atoms with van der Waals surface area (Å²) in [6.45, 7) is 9.47. The Labute approximate surface area is 94.5 Å². The predicted molar refractivity (Wildman–Crippen MR) is 66.7 cm³/mol. The fraction of sp³-hybridized carbons (Fsp3) is 0.733. The number of rotatable bonds is 0. The molecule has 0 heterocycles. The Bertz CT molecular complexity index is 304. The molecule has 1 fully saturated rings. The van der Waals surface area contributed by atoms with Crippen LogP contribution in [0.2, 0.25) is 0 Å². The molecule has 0 N–H and O–H groups in total. The summed E-state index contributed by atoms with van der Waals surface area (Å²) in [5.74, 6) is 1.80. The second-order valence-corrected chi connectivity index (χ2v) is 6.09. The minimum atomic E-state index is 0.575. The predicted octanol–water partition coefficient (Wildman–Crippen LogP) is 4.73. The second-order valence-electron chi connectivity index (χ2n) is 6.09. The molecule has 0 radical (unpaired) electrons. The molecule has 1 saturated carbocycles. The maximum Gasteiger partial charge on any atom is -0.0143 e. The first-order valence-electron chi connectivity index (χ1n) is 6.34. The lowest BCUT2D eigenvalue weighted by Gasteiger charge is -2.05. The molecule has 0 spiro atoms. The Kier molecular flexibility index (Phi) is 2.79. The highest BCUT2D eigenvalue weighted by Crippen LogP contribution is 2.61. The molecule has 0 heteroatoms. The molecule has 0 unspecified atom stereocenters. The summed E-state index contributed by atoms with van der Waals surface area (Å²) in [6.07, 6.45) is 10.2. The van der Waals surface area contributed by atoms with Gasteiger partial charge in [0.25, 0.3) is 0 Å². The van der Waals surface area contributed by atoms with Gasteiger partial charge in [0.15, 0.2) is 0 Å².